The van der Waals surface area contributed by atoms with Crippen molar-refractivity contribution in [2.24, 2.45) is 0 Å². The fraction of sp³-hybridized carbons (Fsp3) is 0.0492. The molecule has 10 aromatic rings. The van der Waals surface area contributed by atoms with Crippen LogP contribution in [-0.2, 0) is 5.41 Å². The summed E-state index contributed by atoms with van der Waals surface area (Å²) < 4.78 is 0. The molecule has 302 valence electrons. The first kappa shape index (κ1) is 37.9. The Labute approximate surface area is 376 Å². The summed E-state index contributed by atoms with van der Waals surface area (Å²) >= 11 is 0. The summed E-state index contributed by atoms with van der Waals surface area (Å²) in [7, 11) is 0.789. The van der Waals surface area contributed by atoms with Crippen LogP contribution in [-0.4, -0.2) is 7.28 Å². The Morgan fingerprint density at radius 2 is 1.06 bits per heavy atom. The van der Waals surface area contributed by atoms with E-state index in [0.717, 1.165) is 18.7 Å². The second-order valence-corrected chi connectivity index (χ2v) is 17.4. The average Bonchev–Trinajstić information content (AvgIpc) is 3.35. The van der Waals surface area contributed by atoms with Gasteiger partial charge in [0.05, 0.1) is 16.8 Å². The first-order valence-electron chi connectivity index (χ1n) is 22.4. The quantitative estimate of drug-likeness (QED) is 0.161. The van der Waals surface area contributed by atoms with Crippen molar-refractivity contribution >= 4 is 57.4 Å². The van der Waals surface area contributed by atoms with Gasteiger partial charge in [0, 0.05) is 28.0 Å². The van der Waals surface area contributed by atoms with Gasteiger partial charge < -0.3 is 10.2 Å². The Bertz CT molecular complexity index is 3340. The molecule has 10 aromatic carbocycles. The summed E-state index contributed by atoms with van der Waals surface area (Å²) in [4.78, 5) is 2.61. The van der Waals surface area contributed by atoms with E-state index in [4.69, 9.17) is 0 Å². The largest absolute Gasteiger partial charge is 0.355 e. The molecule has 0 atom stereocenters. The highest BCUT2D eigenvalue weighted by Crippen LogP contribution is 2.58. The smallest absolute Gasteiger partial charge is 0.198 e. The molecule has 2 aliphatic heterocycles. The highest BCUT2D eigenvalue weighted by molar-refractivity contribution is 6.73. The number of rotatable bonds is 7. The Morgan fingerprint density at radius 1 is 0.453 bits per heavy atom. The van der Waals surface area contributed by atoms with E-state index < -0.39 is 5.41 Å². The average molecular weight is 817 g/mol. The fourth-order valence-electron chi connectivity index (χ4n) is 11.0. The van der Waals surface area contributed by atoms with Gasteiger partial charge in [-0.15, -0.1) is 0 Å². The molecule has 0 saturated heterocycles. The number of hydrogen-bond acceptors (Lipinski definition) is 2. The Balaban J connectivity index is 1.13. The molecule has 0 saturated carbocycles. The minimum Gasteiger partial charge on any atom is -0.355 e. The van der Waals surface area contributed by atoms with Gasteiger partial charge in [0.2, 0.25) is 0 Å². The van der Waals surface area contributed by atoms with Crippen LogP contribution in [0.4, 0.5) is 28.4 Å². The van der Waals surface area contributed by atoms with Gasteiger partial charge in [-0.05, 0) is 116 Å². The van der Waals surface area contributed by atoms with Gasteiger partial charge in [-0.2, -0.15) is 0 Å². The summed E-state index contributed by atoms with van der Waals surface area (Å²) in [5, 5.41) is 6.39. The number of benzene rings is 10. The lowest BCUT2D eigenvalue weighted by atomic mass is 9.54. The van der Waals surface area contributed by atoms with Gasteiger partial charge in [0.1, 0.15) is 0 Å². The van der Waals surface area contributed by atoms with Crippen molar-refractivity contribution in [3.63, 3.8) is 0 Å². The molecule has 2 heterocycles. The molecular formula is C61H45BN2. The maximum Gasteiger partial charge on any atom is 0.198 e. The summed E-state index contributed by atoms with van der Waals surface area (Å²) in [5.74, 6) is 0. The van der Waals surface area contributed by atoms with Crippen LogP contribution < -0.4 is 21.1 Å². The lowest BCUT2D eigenvalue weighted by Crippen LogP contribution is -2.47. The Morgan fingerprint density at radius 3 is 1.80 bits per heavy atom. The highest BCUT2D eigenvalue weighted by Gasteiger charge is 2.48. The Kier molecular flexibility index (Phi) is 8.98. The number of aryl methyl sites for hydroxylation is 2. The maximum atomic E-state index is 4.00. The predicted molar refractivity (Wildman–Crippen MR) is 272 cm³/mol. The predicted octanol–water partition coefficient (Wildman–Crippen LogP) is 14.1. The number of hydrogen-bond donors (Lipinski definition) is 1. The summed E-state index contributed by atoms with van der Waals surface area (Å²) in [6.45, 7) is 4.50. The minimum atomic E-state index is -0.531. The SMILES string of the molecule is Cc1cccc(C)c1-c1cc(-c2ccc3ccccc3c2Nc2ccc(-c3ccccc3)cc2)c2c(c1)N1c3ccccc3C(c3ccccc3)(c3ccccc3)c3cccc(c31)B2. The molecular weight excluding hydrogens is 771 g/mol. The summed E-state index contributed by atoms with van der Waals surface area (Å²) in [5.41, 5.74) is 23.0. The van der Waals surface area contributed by atoms with Crippen molar-refractivity contribution in [2.75, 3.05) is 10.2 Å². The number of nitrogens with zero attached hydrogens (tertiary/aromatic N) is 1. The zero-order valence-electron chi connectivity index (χ0n) is 36.0. The van der Waals surface area contributed by atoms with Crippen LogP contribution in [0.1, 0.15) is 33.4 Å². The monoisotopic (exact) mass is 816 g/mol. The molecule has 0 fully saturated rings. The number of anilines is 5. The third-order valence-corrected chi connectivity index (χ3v) is 13.8. The van der Waals surface area contributed by atoms with Crippen LogP contribution in [0.15, 0.2) is 224 Å². The van der Waals surface area contributed by atoms with E-state index in [1.54, 1.807) is 0 Å². The van der Waals surface area contributed by atoms with Crippen LogP contribution in [0.2, 0.25) is 0 Å². The van der Waals surface area contributed by atoms with Gasteiger partial charge in [0.15, 0.2) is 7.28 Å². The number of fused-ring (bicyclic) bond motifs is 5. The van der Waals surface area contributed by atoms with Gasteiger partial charge >= 0.3 is 0 Å². The summed E-state index contributed by atoms with van der Waals surface area (Å²) in [6, 6.07) is 83.0. The highest BCUT2D eigenvalue weighted by atomic mass is 15.2. The molecule has 0 aromatic heterocycles. The molecule has 0 aliphatic carbocycles. The molecule has 0 radical (unpaired) electrons. The zero-order valence-corrected chi connectivity index (χ0v) is 36.0. The van der Waals surface area contributed by atoms with Crippen molar-refractivity contribution in [1.29, 1.82) is 0 Å². The van der Waals surface area contributed by atoms with E-state index in [-0.39, 0.29) is 0 Å². The lowest BCUT2D eigenvalue weighted by molar-refractivity contribution is 0.732. The number of para-hydroxylation sites is 2. The number of nitrogens with one attached hydrogen (secondary N) is 1. The second kappa shape index (κ2) is 15.2. The molecule has 2 nitrogen and oxygen atoms in total. The first-order valence-corrected chi connectivity index (χ1v) is 22.4. The van der Waals surface area contributed by atoms with E-state index in [9.17, 15) is 0 Å². The molecule has 2 aliphatic rings. The van der Waals surface area contributed by atoms with E-state index in [2.05, 4.69) is 249 Å². The molecule has 1 N–H and O–H groups in total. The summed E-state index contributed by atoms with van der Waals surface area (Å²) in [6.07, 6.45) is 0. The van der Waals surface area contributed by atoms with Crippen molar-refractivity contribution in [1.82, 2.24) is 0 Å². The van der Waals surface area contributed by atoms with Gasteiger partial charge in [-0.25, -0.2) is 0 Å². The van der Waals surface area contributed by atoms with E-state index in [1.165, 1.54) is 106 Å². The zero-order chi connectivity index (χ0) is 42.8. The maximum absolute atomic E-state index is 4.00. The van der Waals surface area contributed by atoms with Crippen LogP contribution in [0.25, 0.3) is 44.2 Å². The van der Waals surface area contributed by atoms with Gasteiger partial charge in [-0.3, -0.25) is 0 Å². The molecule has 0 spiro atoms. The standard InChI is InChI=1S/C61H45BN2/c1-40-18-16-19-41(2)57(40)45-38-51(50-37-34-44-22-12-13-27-49(44)59(50)63-48-35-32-43(33-36-48)42-20-6-3-7-21-42)58-56(39-45)64-55-31-15-14-28-52(55)61(46-23-8-4-9-24-46,47-25-10-5-11-26-47)53-29-17-30-54(62-58)60(53)64/h3-39,62-63H,1-2H3. The van der Waals surface area contributed by atoms with Crippen LogP contribution in [0.3, 0.4) is 0 Å². The normalized spacial score (nSPS) is 13.1. The van der Waals surface area contributed by atoms with Crippen LogP contribution in [0, 0.1) is 13.8 Å². The van der Waals surface area contributed by atoms with Crippen molar-refractivity contribution in [3.05, 3.63) is 258 Å². The van der Waals surface area contributed by atoms with Crippen molar-refractivity contribution < 1.29 is 0 Å². The van der Waals surface area contributed by atoms with Crippen LogP contribution in [0.5, 0.6) is 0 Å². The molecule has 64 heavy (non-hydrogen) atoms. The van der Waals surface area contributed by atoms with Crippen LogP contribution >= 0.6 is 0 Å². The molecule has 0 unspecified atom stereocenters. The third-order valence-electron chi connectivity index (χ3n) is 13.8. The van der Waals surface area contributed by atoms with Crippen molar-refractivity contribution in [2.45, 2.75) is 19.3 Å². The molecule has 12 rings (SSSR count). The van der Waals surface area contributed by atoms with E-state index in [1.807, 2.05) is 0 Å². The lowest BCUT2D eigenvalue weighted by Gasteiger charge is -2.49. The van der Waals surface area contributed by atoms with E-state index >= 15 is 0 Å². The molecule has 0 amide bonds. The molecule has 0 bridgehead atoms. The Hall–Kier alpha value is -7.88. The topological polar surface area (TPSA) is 15.3 Å². The van der Waals surface area contributed by atoms with Crippen molar-refractivity contribution in [3.8, 4) is 33.4 Å². The minimum absolute atomic E-state index is 0.531. The third kappa shape index (κ3) is 5.88. The second-order valence-electron chi connectivity index (χ2n) is 17.4. The van der Waals surface area contributed by atoms with Gasteiger partial charge in [0.25, 0.3) is 0 Å². The fourth-order valence-corrected chi connectivity index (χ4v) is 11.0. The molecule has 3 heteroatoms. The first-order chi connectivity index (χ1) is 31.6. The van der Waals surface area contributed by atoms with E-state index in [0.29, 0.717) is 0 Å². The van der Waals surface area contributed by atoms with Gasteiger partial charge in [-0.1, -0.05) is 200 Å².